The van der Waals surface area contributed by atoms with Crippen LogP contribution in [0.5, 0.6) is 5.75 Å². The van der Waals surface area contributed by atoms with Gasteiger partial charge in [-0.25, -0.2) is 0 Å². The number of benzene rings is 1. The highest BCUT2D eigenvalue weighted by atomic mass is 16.5. The lowest BCUT2D eigenvalue weighted by atomic mass is 9.94. The molecule has 1 N–H and O–H groups in total. The van der Waals surface area contributed by atoms with E-state index in [2.05, 4.69) is 55.0 Å². The van der Waals surface area contributed by atoms with Gasteiger partial charge in [-0.15, -0.1) is 0 Å². The van der Waals surface area contributed by atoms with E-state index < -0.39 is 0 Å². The summed E-state index contributed by atoms with van der Waals surface area (Å²) in [5, 5.41) is 8.29. The van der Waals surface area contributed by atoms with E-state index in [0.717, 1.165) is 37.5 Å². The largest absolute Gasteiger partial charge is 0.491 e. The lowest BCUT2D eigenvalue weighted by Gasteiger charge is -2.23. The number of rotatable bonds is 6. The Morgan fingerprint density at radius 3 is 2.75 bits per heavy atom. The van der Waals surface area contributed by atoms with E-state index in [0.29, 0.717) is 5.92 Å². The van der Waals surface area contributed by atoms with Gasteiger partial charge in [-0.3, -0.25) is 4.68 Å². The fourth-order valence-electron chi connectivity index (χ4n) is 3.48. The molecule has 0 amide bonds. The molecule has 24 heavy (non-hydrogen) atoms. The normalized spacial score (nSPS) is 15.8. The van der Waals surface area contributed by atoms with Crippen LogP contribution >= 0.6 is 0 Å². The minimum atomic E-state index is 0.200. The third-order valence-electron chi connectivity index (χ3n) is 4.57. The van der Waals surface area contributed by atoms with Crippen molar-refractivity contribution in [1.29, 1.82) is 0 Å². The second kappa shape index (κ2) is 7.84. The van der Waals surface area contributed by atoms with Crippen molar-refractivity contribution in [3.05, 3.63) is 47.3 Å². The smallest absolute Gasteiger partial charge is 0.119 e. The molecule has 0 aliphatic carbocycles. The molecule has 130 valence electrons. The summed E-state index contributed by atoms with van der Waals surface area (Å²) in [5.41, 5.74) is 3.82. The maximum Gasteiger partial charge on any atom is 0.119 e. The standard InChI is InChI=1S/C20H29N3O/c1-4-23-20(17-8-10-21-11-9-17)14-18(22-23)12-16-6-5-7-19(13-16)24-15(2)3/h5-7,13-15,17,21H,4,8-12H2,1-3H3. The highest BCUT2D eigenvalue weighted by Gasteiger charge is 2.20. The van der Waals surface area contributed by atoms with Crippen LogP contribution in [0.15, 0.2) is 30.3 Å². The van der Waals surface area contributed by atoms with Crippen LogP contribution in [-0.2, 0) is 13.0 Å². The maximum absolute atomic E-state index is 5.81. The molecule has 1 aliphatic heterocycles. The third-order valence-corrected chi connectivity index (χ3v) is 4.57. The molecule has 0 saturated carbocycles. The lowest BCUT2D eigenvalue weighted by Crippen LogP contribution is -2.27. The molecule has 0 atom stereocenters. The van der Waals surface area contributed by atoms with Gasteiger partial charge in [0.1, 0.15) is 5.75 Å². The summed E-state index contributed by atoms with van der Waals surface area (Å²) in [6, 6.07) is 10.7. The minimum absolute atomic E-state index is 0.200. The quantitative estimate of drug-likeness (QED) is 0.878. The molecular formula is C20H29N3O. The zero-order valence-electron chi connectivity index (χ0n) is 15.1. The summed E-state index contributed by atoms with van der Waals surface area (Å²) in [6.45, 7) is 9.46. The van der Waals surface area contributed by atoms with Gasteiger partial charge >= 0.3 is 0 Å². The van der Waals surface area contributed by atoms with Gasteiger partial charge in [0, 0.05) is 24.6 Å². The van der Waals surface area contributed by atoms with Crippen LogP contribution in [0.1, 0.15) is 56.5 Å². The van der Waals surface area contributed by atoms with Gasteiger partial charge in [-0.2, -0.15) is 5.10 Å². The van der Waals surface area contributed by atoms with E-state index in [1.54, 1.807) is 0 Å². The van der Waals surface area contributed by atoms with E-state index >= 15 is 0 Å². The van der Waals surface area contributed by atoms with E-state index in [4.69, 9.17) is 9.84 Å². The first-order valence-electron chi connectivity index (χ1n) is 9.18. The van der Waals surface area contributed by atoms with Gasteiger partial charge in [0.25, 0.3) is 0 Å². The highest BCUT2D eigenvalue weighted by Crippen LogP contribution is 2.27. The zero-order chi connectivity index (χ0) is 16.9. The summed E-state index contributed by atoms with van der Waals surface area (Å²) in [4.78, 5) is 0. The summed E-state index contributed by atoms with van der Waals surface area (Å²) in [5.74, 6) is 1.58. The Morgan fingerprint density at radius 2 is 2.04 bits per heavy atom. The molecule has 0 bridgehead atoms. The number of hydrogen-bond acceptors (Lipinski definition) is 3. The van der Waals surface area contributed by atoms with Gasteiger partial charge in [-0.05, 0) is 70.5 Å². The Bertz CT molecular complexity index is 657. The SMILES string of the molecule is CCn1nc(Cc2cccc(OC(C)C)c2)cc1C1CCNCC1. The molecule has 1 aromatic carbocycles. The molecule has 2 heterocycles. The van der Waals surface area contributed by atoms with E-state index in [1.165, 1.54) is 24.1 Å². The molecule has 0 unspecified atom stereocenters. The Morgan fingerprint density at radius 1 is 1.25 bits per heavy atom. The predicted molar refractivity (Wildman–Crippen MR) is 97.8 cm³/mol. The molecule has 1 aromatic heterocycles. The van der Waals surface area contributed by atoms with E-state index in [1.807, 2.05) is 6.07 Å². The average Bonchev–Trinajstić information content (AvgIpc) is 2.98. The van der Waals surface area contributed by atoms with Crippen molar-refractivity contribution in [1.82, 2.24) is 15.1 Å². The lowest BCUT2D eigenvalue weighted by molar-refractivity contribution is 0.242. The van der Waals surface area contributed by atoms with E-state index in [-0.39, 0.29) is 6.10 Å². The summed E-state index contributed by atoms with van der Waals surface area (Å²) >= 11 is 0. The number of piperidine rings is 1. The second-order valence-corrected chi connectivity index (χ2v) is 6.89. The Hall–Kier alpha value is -1.81. The second-order valence-electron chi connectivity index (χ2n) is 6.89. The Labute approximate surface area is 145 Å². The Kier molecular flexibility index (Phi) is 5.56. The number of hydrogen-bond donors (Lipinski definition) is 1. The van der Waals surface area contributed by atoms with Gasteiger partial charge in [0.15, 0.2) is 0 Å². The molecule has 4 nitrogen and oxygen atoms in total. The van der Waals surface area contributed by atoms with Crippen LogP contribution in [-0.4, -0.2) is 29.0 Å². The molecule has 1 aliphatic rings. The van der Waals surface area contributed by atoms with Crippen LogP contribution in [0.25, 0.3) is 0 Å². The molecule has 4 heteroatoms. The molecule has 0 radical (unpaired) electrons. The van der Waals surface area contributed by atoms with Crippen LogP contribution in [0.3, 0.4) is 0 Å². The molecule has 1 saturated heterocycles. The first-order valence-corrected chi connectivity index (χ1v) is 9.18. The molecule has 0 spiro atoms. The molecule has 1 fully saturated rings. The minimum Gasteiger partial charge on any atom is -0.491 e. The first-order chi connectivity index (χ1) is 11.7. The fraction of sp³-hybridized carbons (Fsp3) is 0.550. The number of nitrogens with one attached hydrogen (secondary N) is 1. The zero-order valence-corrected chi connectivity index (χ0v) is 15.1. The van der Waals surface area contributed by atoms with Crippen LogP contribution < -0.4 is 10.1 Å². The van der Waals surface area contributed by atoms with Crippen LogP contribution in [0.2, 0.25) is 0 Å². The summed E-state index contributed by atoms with van der Waals surface area (Å²) < 4.78 is 8.00. The summed E-state index contributed by atoms with van der Waals surface area (Å²) in [7, 11) is 0. The van der Waals surface area contributed by atoms with Gasteiger partial charge < -0.3 is 10.1 Å². The van der Waals surface area contributed by atoms with Crippen molar-refractivity contribution in [3.8, 4) is 5.75 Å². The maximum atomic E-state index is 5.81. The first kappa shape index (κ1) is 17.0. The monoisotopic (exact) mass is 327 g/mol. The van der Waals surface area contributed by atoms with E-state index in [9.17, 15) is 0 Å². The fourth-order valence-corrected chi connectivity index (χ4v) is 3.48. The predicted octanol–water partition coefficient (Wildman–Crippen LogP) is 3.75. The van der Waals surface area contributed by atoms with Gasteiger partial charge in [0.05, 0.1) is 11.8 Å². The number of aromatic nitrogens is 2. The number of aryl methyl sites for hydroxylation is 1. The van der Waals surface area contributed by atoms with Crippen molar-refractivity contribution in [3.63, 3.8) is 0 Å². The summed E-state index contributed by atoms with van der Waals surface area (Å²) in [6.07, 6.45) is 3.48. The van der Waals surface area contributed by atoms with Crippen molar-refractivity contribution in [2.45, 2.75) is 58.6 Å². The Balaban J connectivity index is 1.76. The van der Waals surface area contributed by atoms with Crippen LogP contribution in [0.4, 0.5) is 0 Å². The number of nitrogens with zero attached hydrogens (tertiary/aromatic N) is 2. The van der Waals surface area contributed by atoms with Crippen molar-refractivity contribution in [2.75, 3.05) is 13.1 Å². The van der Waals surface area contributed by atoms with Gasteiger partial charge in [-0.1, -0.05) is 12.1 Å². The topological polar surface area (TPSA) is 39.1 Å². The van der Waals surface area contributed by atoms with Gasteiger partial charge in [0.2, 0.25) is 0 Å². The number of ether oxygens (including phenoxy) is 1. The third kappa shape index (κ3) is 4.18. The van der Waals surface area contributed by atoms with Crippen molar-refractivity contribution in [2.24, 2.45) is 0 Å². The molecule has 2 aromatic rings. The molecular weight excluding hydrogens is 298 g/mol. The molecule has 3 rings (SSSR count). The van der Waals surface area contributed by atoms with Crippen molar-refractivity contribution < 1.29 is 4.74 Å². The average molecular weight is 327 g/mol. The van der Waals surface area contributed by atoms with Crippen molar-refractivity contribution >= 4 is 0 Å². The highest BCUT2D eigenvalue weighted by molar-refractivity contribution is 5.32. The van der Waals surface area contributed by atoms with Crippen LogP contribution in [0, 0.1) is 0 Å².